The van der Waals surface area contributed by atoms with Crippen LogP contribution >= 0.6 is 23.2 Å². The summed E-state index contributed by atoms with van der Waals surface area (Å²) in [5.74, 6) is 0.377. The fraction of sp³-hybridized carbons (Fsp3) is 0.235. The van der Waals surface area contributed by atoms with Crippen LogP contribution in [-0.4, -0.2) is 16.8 Å². The van der Waals surface area contributed by atoms with Gasteiger partial charge in [-0.15, -0.1) is 0 Å². The van der Waals surface area contributed by atoms with E-state index >= 15 is 0 Å². The molecule has 1 saturated carbocycles. The Morgan fingerprint density at radius 1 is 1.17 bits per heavy atom. The van der Waals surface area contributed by atoms with Gasteiger partial charge in [0.1, 0.15) is 5.82 Å². The van der Waals surface area contributed by atoms with Gasteiger partial charge in [0.2, 0.25) is 5.91 Å². The lowest BCUT2D eigenvalue weighted by molar-refractivity contribution is -0.117. The molecule has 7 heteroatoms. The van der Waals surface area contributed by atoms with E-state index in [0.717, 1.165) is 6.42 Å². The van der Waals surface area contributed by atoms with Crippen molar-refractivity contribution in [2.24, 2.45) is 11.8 Å². The maximum atomic E-state index is 12.4. The van der Waals surface area contributed by atoms with Gasteiger partial charge in [-0.05, 0) is 30.5 Å². The summed E-state index contributed by atoms with van der Waals surface area (Å²) in [6.07, 6.45) is 2.41. The lowest BCUT2D eigenvalue weighted by atomic mass is 10.2. The molecule has 2 N–H and O–H groups in total. The molecule has 24 heavy (non-hydrogen) atoms. The Balaban J connectivity index is 1.72. The molecule has 2 atom stereocenters. The van der Waals surface area contributed by atoms with Crippen LogP contribution in [0.4, 0.5) is 11.5 Å². The summed E-state index contributed by atoms with van der Waals surface area (Å²) < 4.78 is 0. The second kappa shape index (κ2) is 6.79. The van der Waals surface area contributed by atoms with Crippen molar-refractivity contribution in [3.63, 3.8) is 0 Å². The number of hydrogen-bond acceptors (Lipinski definition) is 3. The van der Waals surface area contributed by atoms with Crippen LogP contribution in [0, 0.1) is 11.8 Å². The van der Waals surface area contributed by atoms with Gasteiger partial charge in [-0.1, -0.05) is 36.2 Å². The molecule has 1 heterocycles. The zero-order valence-electron chi connectivity index (χ0n) is 12.8. The quantitative estimate of drug-likeness (QED) is 0.853. The van der Waals surface area contributed by atoms with Crippen molar-refractivity contribution in [2.75, 3.05) is 10.6 Å². The van der Waals surface area contributed by atoms with E-state index in [4.69, 9.17) is 23.2 Å². The zero-order chi connectivity index (χ0) is 17.3. The summed E-state index contributed by atoms with van der Waals surface area (Å²) in [7, 11) is 0. The number of rotatable bonds is 4. The SMILES string of the molecule is CC1CC1C(=O)Nc1cc(NC(=O)c2c(Cl)cccc2Cl)ccn1. The third-order valence-corrected chi connectivity index (χ3v) is 4.54. The highest BCUT2D eigenvalue weighted by Gasteiger charge is 2.39. The van der Waals surface area contributed by atoms with E-state index < -0.39 is 5.91 Å². The topological polar surface area (TPSA) is 71.1 Å². The van der Waals surface area contributed by atoms with Gasteiger partial charge in [0.25, 0.3) is 5.91 Å². The monoisotopic (exact) mass is 363 g/mol. The van der Waals surface area contributed by atoms with Crippen LogP contribution in [-0.2, 0) is 4.79 Å². The molecule has 2 unspecified atom stereocenters. The number of benzene rings is 1. The number of halogens is 2. The molecule has 124 valence electrons. The molecule has 5 nitrogen and oxygen atoms in total. The van der Waals surface area contributed by atoms with Crippen molar-refractivity contribution in [1.29, 1.82) is 0 Å². The van der Waals surface area contributed by atoms with Crippen molar-refractivity contribution in [2.45, 2.75) is 13.3 Å². The Morgan fingerprint density at radius 3 is 2.46 bits per heavy atom. The predicted molar refractivity (Wildman–Crippen MR) is 94.6 cm³/mol. The van der Waals surface area contributed by atoms with E-state index in [2.05, 4.69) is 15.6 Å². The predicted octanol–water partition coefficient (Wildman–Crippen LogP) is 4.24. The molecule has 1 fully saturated rings. The Morgan fingerprint density at radius 2 is 1.83 bits per heavy atom. The standard InChI is InChI=1S/C17H15Cl2N3O2/c1-9-7-11(9)16(23)22-14-8-10(5-6-20-14)21-17(24)15-12(18)3-2-4-13(15)19/h2-6,8-9,11H,7H2,1H3,(H2,20,21,22,23,24). The molecule has 1 aromatic carbocycles. The molecule has 0 spiro atoms. The van der Waals surface area contributed by atoms with Crippen LogP contribution in [0.15, 0.2) is 36.5 Å². The maximum absolute atomic E-state index is 12.4. The number of hydrogen-bond donors (Lipinski definition) is 2. The number of amides is 2. The molecule has 0 bridgehead atoms. The van der Waals surface area contributed by atoms with E-state index in [9.17, 15) is 9.59 Å². The summed E-state index contributed by atoms with van der Waals surface area (Å²) >= 11 is 12.1. The Labute approximate surface area is 149 Å². The molecule has 1 aliphatic rings. The third kappa shape index (κ3) is 3.68. The minimum absolute atomic E-state index is 0.0481. The minimum Gasteiger partial charge on any atom is -0.322 e. The molecule has 2 amide bonds. The lowest BCUT2D eigenvalue weighted by Gasteiger charge is -2.10. The van der Waals surface area contributed by atoms with Gasteiger partial charge in [-0.25, -0.2) is 4.98 Å². The van der Waals surface area contributed by atoms with Gasteiger partial charge < -0.3 is 10.6 Å². The maximum Gasteiger partial charge on any atom is 0.258 e. The number of aromatic nitrogens is 1. The Hall–Kier alpha value is -2.11. The average molecular weight is 364 g/mol. The van der Waals surface area contributed by atoms with Gasteiger partial charge in [0.05, 0.1) is 15.6 Å². The Bertz CT molecular complexity index is 790. The summed E-state index contributed by atoms with van der Waals surface area (Å²) in [6.45, 7) is 2.03. The van der Waals surface area contributed by atoms with Gasteiger partial charge in [-0.3, -0.25) is 9.59 Å². The normalized spacial score (nSPS) is 18.8. The van der Waals surface area contributed by atoms with Gasteiger partial charge >= 0.3 is 0 Å². The summed E-state index contributed by atoms with van der Waals surface area (Å²) in [5.41, 5.74) is 0.695. The summed E-state index contributed by atoms with van der Waals surface area (Å²) in [5, 5.41) is 6.00. The molecule has 1 aliphatic carbocycles. The molecule has 3 rings (SSSR count). The Kier molecular flexibility index (Phi) is 4.73. The van der Waals surface area contributed by atoms with Crippen molar-refractivity contribution in [3.8, 4) is 0 Å². The molecule has 0 saturated heterocycles. The minimum atomic E-state index is -0.426. The molecule has 1 aromatic heterocycles. The zero-order valence-corrected chi connectivity index (χ0v) is 14.4. The van der Waals surface area contributed by atoms with Gasteiger partial charge in [0.15, 0.2) is 0 Å². The van der Waals surface area contributed by atoms with Crippen LogP contribution in [0.25, 0.3) is 0 Å². The highest BCUT2D eigenvalue weighted by Crippen LogP contribution is 2.38. The number of nitrogens with zero attached hydrogens (tertiary/aromatic N) is 1. The van der Waals surface area contributed by atoms with Crippen LogP contribution in [0.1, 0.15) is 23.7 Å². The number of pyridine rings is 1. The first-order valence-electron chi connectivity index (χ1n) is 7.48. The van der Waals surface area contributed by atoms with Gasteiger partial charge in [-0.2, -0.15) is 0 Å². The van der Waals surface area contributed by atoms with E-state index in [1.54, 1.807) is 30.3 Å². The van der Waals surface area contributed by atoms with E-state index in [0.29, 0.717) is 17.4 Å². The molecular formula is C17H15Cl2N3O2. The first-order valence-corrected chi connectivity index (χ1v) is 8.23. The van der Waals surface area contributed by atoms with E-state index in [1.807, 2.05) is 6.92 Å². The van der Waals surface area contributed by atoms with Crippen LogP contribution in [0.3, 0.4) is 0 Å². The third-order valence-electron chi connectivity index (χ3n) is 3.91. The number of carbonyl (C=O) groups excluding carboxylic acids is 2. The molecule has 2 aromatic rings. The van der Waals surface area contributed by atoms with Crippen molar-refractivity contribution in [3.05, 3.63) is 52.1 Å². The van der Waals surface area contributed by atoms with Crippen LogP contribution in [0.2, 0.25) is 10.0 Å². The highest BCUT2D eigenvalue weighted by molar-refractivity contribution is 6.40. The number of carbonyl (C=O) groups is 2. The first-order chi connectivity index (χ1) is 11.5. The summed E-state index contributed by atoms with van der Waals surface area (Å²) in [6, 6.07) is 8.07. The van der Waals surface area contributed by atoms with Crippen LogP contribution < -0.4 is 10.6 Å². The largest absolute Gasteiger partial charge is 0.322 e. The number of anilines is 2. The smallest absolute Gasteiger partial charge is 0.258 e. The molecule has 0 aliphatic heterocycles. The lowest BCUT2D eigenvalue weighted by Crippen LogP contribution is -2.16. The van der Waals surface area contributed by atoms with Crippen molar-refractivity contribution < 1.29 is 9.59 Å². The van der Waals surface area contributed by atoms with E-state index in [1.165, 1.54) is 6.20 Å². The van der Waals surface area contributed by atoms with Crippen LogP contribution in [0.5, 0.6) is 0 Å². The fourth-order valence-electron chi connectivity index (χ4n) is 2.39. The highest BCUT2D eigenvalue weighted by atomic mass is 35.5. The van der Waals surface area contributed by atoms with E-state index in [-0.39, 0.29) is 27.4 Å². The second-order valence-corrected chi connectivity index (χ2v) is 6.60. The molecular weight excluding hydrogens is 349 g/mol. The van der Waals surface area contributed by atoms with Gasteiger partial charge in [0, 0.05) is 23.9 Å². The second-order valence-electron chi connectivity index (χ2n) is 5.79. The summed E-state index contributed by atoms with van der Waals surface area (Å²) in [4.78, 5) is 28.4. The van der Waals surface area contributed by atoms with Crippen molar-refractivity contribution in [1.82, 2.24) is 4.98 Å². The number of nitrogens with one attached hydrogen (secondary N) is 2. The average Bonchev–Trinajstić information content (AvgIpc) is 3.24. The molecule has 0 radical (unpaired) electrons. The fourth-order valence-corrected chi connectivity index (χ4v) is 2.96. The first kappa shape index (κ1) is 16.7. The van der Waals surface area contributed by atoms with Crippen molar-refractivity contribution >= 4 is 46.5 Å².